The summed E-state index contributed by atoms with van der Waals surface area (Å²) in [6.07, 6.45) is 0. The Morgan fingerprint density at radius 1 is 1.00 bits per heavy atom. The van der Waals surface area contributed by atoms with E-state index in [4.69, 9.17) is 23.2 Å². The van der Waals surface area contributed by atoms with Gasteiger partial charge in [0.15, 0.2) is 0 Å². The Morgan fingerprint density at radius 3 is 2.39 bits per heavy atom. The fraction of sp³-hybridized carbons (Fsp3) is 0. The second-order valence-electron chi connectivity index (χ2n) is 4.86. The van der Waals surface area contributed by atoms with Crippen molar-refractivity contribution in [2.24, 2.45) is 0 Å². The molecule has 0 spiro atoms. The van der Waals surface area contributed by atoms with Gasteiger partial charge in [0.1, 0.15) is 0 Å². The van der Waals surface area contributed by atoms with Crippen molar-refractivity contribution in [3.8, 4) is 0 Å². The van der Waals surface area contributed by atoms with Gasteiger partial charge in [-0.2, -0.15) is 0 Å². The number of aromatic carboxylic acids is 1. The number of carbonyl (C=O) groups is 1. The summed E-state index contributed by atoms with van der Waals surface area (Å²) in [5.74, 6) is -0.963. The summed E-state index contributed by atoms with van der Waals surface area (Å²) >= 11 is 13.3. The molecule has 0 amide bonds. The quantitative estimate of drug-likeness (QED) is 0.561. The lowest BCUT2D eigenvalue weighted by atomic mass is 10.1. The van der Waals surface area contributed by atoms with Gasteiger partial charge in [0.25, 0.3) is 0 Å². The van der Waals surface area contributed by atoms with Gasteiger partial charge in [0.2, 0.25) is 0 Å². The fourth-order valence-electron chi connectivity index (χ4n) is 2.22. The molecule has 0 saturated carbocycles. The smallest absolute Gasteiger partial charge is 0.335 e. The first-order chi connectivity index (χ1) is 11.0. The van der Waals surface area contributed by atoms with Crippen LogP contribution in [0.3, 0.4) is 0 Å². The molecule has 0 heterocycles. The Labute approximate surface area is 147 Å². The van der Waals surface area contributed by atoms with Crippen molar-refractivity contribution in [3.05, 3.63) is 70.2 Å². The zero-order valence-electron chi connectivity index (χ0n) is 11.7. The molecule has 3 rings (SSSR count). The maximum absolute atomic E-state index is 11.3. The first-order valence-corrected chi connectivity index (χ1v) is 8.25. The number of nitrogens with one attached hydrogen (secondary N) is 1. The molecule has 2 N–H and O–H groups in total. The molecule has 23 heavy (non-hydrogen) atoms. The molecule has 6 heteroatoms. The average Bonchev–Trinajstić information content (AvgIpc) is 2.51. The van der Waals surface area contributed by atoms with Gasteiger partial charge in [-0.1, -0.05) is 47.5 Å². The largest absolute Gasteiger partial charge is 0.478 e. The van der Waals surface area contributed by atoms with Gasteiger partial charge in [0, 0.05) is 20.3 Å². The summed E-state index contributed by atoms with van der Waals surface area (Å²) in [7, 11) is 0. The molecule has 3 nitrogen and oxygen atoms in total. The minimum Gasteiger partial charge on any atom is -0.478 e. The number of rotatable bonds is 4. The monoisotopic (exact) mass is 363 g/mol. The average molecular weight is 364 g/mol. The van der Waals surface area contributed by atoms with Gasteiger partial charge in [-0.25, -0.2) is 4.79 Å². The first-order valence-electron chi connectivity index (χ1n) is 6.68. The molecule has 0 bridgehead atoms. The van der Waals surface area contributed by atoms with Gasteiger partial charge in [-0.05, 0) is 47.7 Å². The molecule has 0 radical (unpaired) electrons. The summed E-state index contributed by atoms with van der Waals surface area (Å²) in [4.78, 5) is 12.1. The predicted molar refractivity (Wildman–Crippen MR) is 96.8 cm³/mol. The van der Waals surface area contributed by atoms with E-state index in [0.717, 1.165) is 21.4 Å². The Bertz CT molecular complexity index is 879. The maximum Gasteiger partial charge on any atom is 0.335 e. The van der Waals surface area contributed by atoms with Crippen molar-refractivity contribution >= 4 is 57.6 Å². The molecule has 0 aliphatic heterocycles. The van der Waals surface area contributed by atoms with Crippen LogP contribution in [0, 0.1) is 0 Å². The van der Waals surface area contributed by atoms with Crippen LogP contribution in [-0.2, 0) is 0 Å². The van der Waals surface area contributed by atoms with Crippen molar-refractivity contribution < 1.29 is 9.90 Å². The minimum atomic E-state index is -0.963. The lowest BCUT2D eigenvalue weighted by Gasteiger charge is -2.11. The summed E-state index contributed by atoms with van der Waals surface area (Å²) in [6, 6.07) is 16.1. The van der Waals surface area contributed by atoms with E-state index in [2.05, 4.69) is 4.72 Å². The molecule has 0 fully saturated rings. The Hall–Kier alpha value is -1.88. The van der Waals surface area contributed by atoms with Gasteiger partial charge < -0.3 is 9.83 Å². The number of hydrogen-bond donors (Lipinski definition) is 2. The topological polar surface area (TPSA) is 49.3 Å². The van der Waals surface area contributed by atoms with Crippen LogP contribution in [0.5, 0.6) is 0 Å². The first kappa shape index (κ1) is 16.0. The molecule has 0 aliphatic rings. The van der Waals surface area contributed by atoms with Crippen LogP contribution >= 0.6 is 35.1 Å². The van der Waals surface area contributed by atoms with E-state index in [0.29, 0.717) is 10.0 Å². The summed E-state index contributed by atoms with van der Waals surface area (Å²) in [6.45, 7) is 0. The molecule has 3 aromatic carbocycles. The molecular formula is C17H11Cl2NO2S. The SMILES string of the molecule is O=C(O)c1cc(NSc2cc(Cl)cc(Cl)c2)c2ccccc2c1. The lowest BCUT2D eigenvalue weighted by Crippen LogP contribution is -1.98. The molecule has 3 aromatic rings. The van der Waals surface area contributed by atoms with E-state index < -0.39 is 5.97 Å². The summed E-state index contributed by atoms with van der Waals surface area (Å²) < 4.78 is 3.19. The van der Waals surface area contributed by atoms with Crippen LogP contribution in [0.15, 0.2) is 59.5 Å². The number of benzene rings is 3. The number of halogens is 2. The van der Waals surface area contributed by atoms with E-state index in [1.54, 1.807) is 30.3 Å². The zero-order chi connectivity index (χ0) is 16.4. The van der Waals surface area contributed by atoms with Crippen LogP contribution in [0.1, 0.15) is 10.4 Å². The normalized spacial score (nSPS) is 10.7. The molecule has 0 aromatic heterocycles. The Kier molecular flexibility index (Phi) is 4.66. The highest BCUT2D eigenvalue weighted by Gasteiger charge is 2.09. The van der Waals surface area contributed by atoms with E-state index in [1.807, 2.05) is 24.3 Å². The molecule has 0 atom stereocenters. The van der Waals surface area contributed by atoms with Crippen LogP contribution in [-0.4, -0.2) is 11.1 Å². The highest BCUT2D eigenvalue weighted by Crippen LogP contribution is 2.31. The van der Waals surface area contributed by atoms with Crippen molar-refractivity contribution in [3.63, 3.8) is 0 Å². The Balaban J connectivity index is 1.96. The lowest BCUT2D eigenvalue weighted by molar-refractivity contribution is 0.0697. The zero-order valence-corrected chi connectivity index (χ0v) is 14.0. The van der Waals surface area contributed by atoms with Crippen LogP contribution in [0.2, 0.25) is 10.0 Å². The highest BCUT2D eigenvalue weighted by atomic mass is 35.5. The number of carboxylic acid groups (broad SMARTS) is 1. The van der Waals surface area contributed by atoms with E-state index in [9.17, 15) is 9.90 Å². The fourth-order valence-corrected chi connectivity index (χ4v) is 3.64. The minimum absolute atomic E-state index is 0.232. The van der Waals surface area contributed by atoms with E-state index in [1.165, 1.54) is 11.9 Å². The molecule has 0 aliphatic carbocycles. The van der Waals surface area contributed by atoms with Gasteiger partial charge in [-0.15, -0.1) is 0 Å². The van der Waals surface area contributed by atoms with Gasteiger partial charge in [-0.3, -0.25) is 0 Å². The predicted octanol–water partition coefficient (Wildman–Crippen LogP) is 5.96. The molecular weight excluding hydrogens is 353 g/mol. The van der Waals surface area contributed by atoms with Gasteiger partial charge in [0.05, 0.1) is 11.3 Å². The third kappa shape index (κ3) is 3.72. The second kappa shape index (κ2) is 6.71. The number of hydrogen-bond acceptors (Lipinski definition) is 3. The molecule has 0 unspecified atom stereocenters. The number of fused-ring (bicyclic) bond motifs is 1. The maximum atomic E-state index is 11.3. The van der Waals surface area contributed by atoms with Crippen LogP contribution in [0.25, 0.3) is 10.8 Å². The van der Waals surface area contributed by atoms with E-state index >= 15 is 0 Å². The second-order valence-corrected chi connectivity index (χ2v) is 6.61. The third-order valence-electron chi connectivity index (χ3n) is 3.22. The third-order valence-corrected chi connectivity index (χ3v) is 4.45. The van der Waals surface area contributed by atoms with Crippen molar-refractivity contribution in [2.75, 3.05) is 4.72 Å². The highest BCUT2D eigenvalue weighted by molar-refractivity contribution is 8.00. The van der Waals surface area contributed by atoms with E-state index in [-0.39, 0.29) is 5.56 Å². The number of anilines is 1. The van der Waals surface area contributed by atoms with Crippen molar-refractivity contribution in [2.45, 2.75) is 4.90 Å². The van der Waals surface area contributed by atoms with Crippen LogP contribution in [0.4, 0.5) is 5.69 Å². The summed E-state index contributed by atoms with van der Waals surface area (Å²) in [5.41, 5.74) is 0.956. The van der Waals surface area contributed by atoms with Crippen molar-refractivity contribution in [1.29, 1.82) is 0 Å². The number of carboxylic acids is 1. The molecule has 116 valence electrons. The van der Waals surface area contributed by atoms with Crippen molar-refractivity contribution in [1.82, 2.24) is 0 Å². The Morgan fingerprint density at radius 2 is 1.70 bits per heavy atom. The molecule has 0 saturated heterocycles. The standard InChI is InChI=1S/C17H11Cl2NO2S/c18-12-7-13(19)9-14(8-12)23-20-16-6-11(17(21)22)5-10-3-1-2-4-15(10)16/h1-9,20H,(H,21,22). The van der Waals surface area contributed by atoms with Gasteiger partial charge >= 0.3 is 5.97 Å². The van der Waals surface area contributed by atoms with Crippen LogP contribution < -0.4 is 4.72 Å². The summed E-state index contributed by atoms with van der Waals surface area (Å²) in [5, 5.41) is 12.2.